The molecule has 0 saturated heterocycles. The van der Waals surface area contributed by atoms with Crippen LogP contribution in [0.1, 0.15) is 18.9 Å². The molecule has 1 amide bonds. The molecule has 23 heavy (non-hydrogen) atoms. The molecule has 0 heterocycles. The zero-order chi connectivity index (χ0) is 17.2. The van der Waals surface area contributed by atoms with Crippen LogP contribution < -0.4 is 0 Å². The monoisotopic (exact) mass is 341 g/mol. The van der Waals surface area contributed by atoms with Gasteiger partial charge in [-0.3, -0.25) is 9.69 Å². The third kappa shape index (κ3) is 6.60. The number of amides is 1. The number of carbonyl (C=O) groups excluding carboxylic acids is 2. The summed E-state index contributed by atoms with van der Waals surface area (Å²) in [5.41, 5.74) is 0.778. The zero-order valence-corrected chi connectivity index (χ0v) is 13.7. The molecule has 126 valence electrons. The molecular formula is C15H19NO6S. The number of ether oxygens (including phenoxy) is 1. The van der Waals surface area contributed by atoms with Crippen molar-refractivity contribution < 1.29 is 28.4 Å². The van der Waals surface area contributed by atoms with Crippen LogP contribution in [0.4, 0.5) is 4.79 Å². The number of carboxylic acid groups (broad SMARTS) is 1. The number of carbonyl (C=O) groups is 3. The Bertz CT molecular complexity index is 536. The zero-order valence-electron chi connectivity index (χ0n) is 12.9. The van der Waals surface area contributed by atoms with E-state index in [4.69, 9.17) is 8.92 Å². The molecular weight excluding hydrogens is 322 g/mol. The fourth-order valence-corrected chi connectivity index (χ4v) is 1.97. The van der Waals surface area contributed by atoms with Crippen LogP contribution in [0, 0.1) is 0 Å². The van der Waals surface area contributed by atoms with Crippen LogP contribution in [0.2, 0.25) is 0 Å². The standard InChI is InChI=1S/C15H19NO6S/c1-3-23-22-13(17)9-12(14(18)19)16(2)15(20)21-10-11-7-5-4-6-8-11/h4-8,12H,3,9-10H2,1-2H3,(H,18,19)/t12-/m0/s1. The van der Waals surface area contributed by atoms with Gasteiger partial charge in [0, 0.05) is 12.8 Å². The predicted octanol–water partition coefficient (Wildman–Crippen LogP) is 2.31. The van der Waals surface area contributed by atoms with E-state index in [9.17, 15) is 19.5 Å². The van der Waals surface area contributed by atoms with Crippen LogP contribution in [-0.4, -0.2) is 46.9 Å². The van der Waals surface area contributed by atoms with E-state index in [-0.39, 0.29) is 6.61 Å². The summed E-state index contributed by atoms with van der Waals surface area (Å²) in [6.07, 6.45) is -1.27. The van der Waals surface area contributed by atoms with Gasteiger partial charge in [-0.05, 0) is 5.56 Å². The molecule has 0 radical (unpaired) electrons. The van der Waals surface area contributed by atoms with E-state index in [0.717, 1.165) is 22.5 Å². The Morgan fingerprint density at radius 2 is 1.91 bits per heavy atom. The van der Waals surface area contributed by atoms with E-state index in [0.29, 0.717) is 5.75 Å². The van der Waals surface area contributed by atoms with Crippen LogP contribution in [-0.2, 0) is 25.1 Å². The van der Waals surface area contributed by atoms with Gasteiger partial charge in [0.2, 0.25) is 0 Å². The highest BCUT2D eigenvalue weighted by molar-refractivity contribution is 7.95. The first-order valence-electron chi connectivity index (χ1n) is 6.94. The number of rotatable bonds is 8. The third-order valence-corrected chi connectivity index (χ3v) is 3.41. The second-order valence-corrected chi connectivity index (χ2v) is 5.55. The van der Waals surface area contributed by atoms with Gasteiger partial charge >= 0.3 is 18.0 Å². The summed E-state index contributed by atoms with van der Waals surface area (Å²) < 4.78 is 9.82. The Kier molecular flexibility index (Phi) is 7.96. The van der Waals surface area contributed by atoms with Gasteiger partial charge in [-0.25, -0.2) is 9.59 Å². The quantitative estimate of drug-likeness (QED) is 0.725. The van der Waals surface area contributed by atoms with Gasteiger partial charge in [-0.1, -0.05) is 37.3 Å². The molecule has 1 N–H and O–H groups in total. The van der Waals surface area contributed by atoms with Crippen molar-refractivity contribution >= 4 is 30.1 Å². The van der Waals surface area contributed by atoms with E-state index in [1.54, 1.807) is 31.2 Å². The maximum Gasteiger partial charge on any atom is 0.410 e. The number of aliphatic carboxylic acids is 1. The first-order valence-corrected chi connectivity index (χ1v) is 7.85. The van der Waals surface area contributed by atoms with E-state index >= 15 is 0 Å². The highest BCUT2D eigenvalue weighted by Gasteiger charge is 2.30. The maximum atomic E-state index is 11.9. The van der Waals surface area contributed by atoms with Crippen molar-refractivity contribution in [2.24, 2.45) is 0 Å². The Morgan fingerprint density at radius 1 is 1.26 bits per heavy atom. The fourth-order valence-electron chi connectivity index (χ4n) is 1.65. The van der Waals surface area contributed by atoms with Gasteiger partial charge < -0.3 is 14.0 Å². The van der Waals surface area contributed by atoms with Crippen molar-refractivity contribution in [1.82, 2.24) is 4.90 Å². The molecule has 1 rings (SSSR count). The van der Waals surface area contributed by atoms with Gasteiger partial charge in [0.25, 0.3) is 0 Å². The fraction of sp³-hybridized carbons (Fsp3) is 0.400. The van der Waals surface area contributed by atoms with Crippen LogP contribution in [0.5, 0.6) is 0 Å². The molecule has 0 unspecified atom stereocenters. The lowest BCUT2D eigenvalue weighted by molar-refractivity contribution is -0.147. The summed E-state index contributed by atoms with van der Waals surface area (Å²) in [4.78, 5) is 35.6. The van der Waals surface area contributed by atoms with Gasteiger partial charge in [0.1, 0.15) is 12.6 Å². The Labute approximate surface area is 138 Å². The van der Waals surface area contributed by atoms with Crippen LogP contribution in [0.3, 0.4) is 0 Å². The van der Waals surface area contributed by atoms with Gasteiger partial charge in [-0.15, -0.1) is 0 Å². The summed E-state index contributed by atoms with van der Waals surface area (Å²) >= 11 is 0.920. The molecule has 0 saturated carbocycles. The summed E-state index contributed by atoms with van der Waals surface area (Å²) in [6, 6.07) is 7.64. The molecule has 8 heteroatoms. The normalized spacial score (nSPS) is 11.4. The number of benzene rings is 1. The molecule has 7 nitrogen and oxygen atoms in total. The molecule has 0 aliphatic heterocycles. The number of carboxylic acids is 1. The lowest BCUT2D eigenvalue weighted by Gasteiger charge is -2.23. The number of hydrogen-bond acceptors (Lipinski definition) is 6. The predicted molar refractivity (Wildman–Crippen MR) is 84.7 cm³/mol. The van der Waals surface area contributed by atoms with Crippen molar-refractivity contribution in [2.75, 3.05) is 12.8 Å². The van der Waals surface area contributed by atoms with E-state index in [2.05, 4.69) is 0 Å². The van der Waals surface area contributed by atoms with Crippen LogP contribution in [0.15, 0.2) is 30.3 Å². The van der Waals surface area contributed by atoms with Crippen molar-refractivity contribution in [3.63, 3.8) is 0 Å². The summed E-state index contributed by atoms with van der Waals surface area (Å²) in [6.45, 7) is 1.81. The van der Waals surface area contributed by atoms with Crippen LogP contribution >= 0.6 is 12.0 Å². The largest absolute Gasteiger partial charge is 0.480 e. The lowest BCUT2D eigenvalue weighted by Crippen LogP contribution is -2.44. The maximum absolute atomic E-state index is 11.9. The van der Waals surface area contributed by atoms with Crippen molar-refractivity contribution in [1.29, 1.82) is 0 Å². The van der Waals surface area contributed by atoms with Crippen molar-refractivity contribution in [3.8, 4) is 0 Å². The Morgan fingerprint density at radius 3 is 2.48 bits per heavy atom. The number of likely N-dealkylation sites (N-methyl/N-ethyl adjacent to an activating group) is 1. The molecule has 1 atom stereocenters. The second kappa shape index (κ2) is 9.73. The Hall–Kier alpha value is -2.22. The summed E-state index contributed by atoms with van der Waals surface area (Å²) in [5.74, 6) is -1.45. The highest BCUT2D eigenvalue weighted by atomic mass is 32.2. The summed E-state index contributed by atoms with van der Waals surface area (Å²) in [5, 5.41) is 9.19. The molecule has 0 aliphatic rings. The van der Waals surface area contributed by atoms with E-state index < -0.39 is 30.5 Å². The highest BCUT2D eigenvalue weighted by Crippen LogP contribution is 2.11. The Balaban J connectivity index is 2.58. The molecule has 1 aromatic carbocycles. The number of hydrogen-bond donors (Lipinski definition) is 1. The van der Waals surface area contributed by atoms with Gasteiger partial charge in [0.05, 0.1) is 18.5 Å². The molecule has 0 fully saturated rings. The third-order valence-electron chi connectivity index (χ3n) is 2.88. The van der Waals surface area contributed by atoms with Crippen molar-refractivity contribution in [2.45, 2.75) is 26.0 Å². The SMILES string of the molecule is CCSOC(=O)C[C@@H](C(=O)O)N(C)C(=O)OCc1ccccc1. The first kappa shape index (κ1) is 18.8. The summed E-state index contributed by atoms with van der Waals surface area (Å²) in [7, 11) is 1.27. The minimum atomic E-state index is -1.34. The average molecular weight is 341 g/mol. The van der Waals surface area contributed by atoms with E-state index in [1.165, 1.54) is 7.05 Å². The van der Waals surface area contributed by atoms with Crippen molar-refractivity contribution in [3.05, 3.63) is 35.9 Å². The molecule has 0 aliphatic carbocycles. The second-order valence-electron chi connectivity index (χ2n) is 4.57. The van der Waals surface area contributed by atoms with E-state index in [1.807, 2.05) is 6.07 Å². The molecule has 0 spiro atoms. The minimum absolute atomic E-state index is 0.0203. The number of nitrogens with zero attached hydrogens (tertiary/aromatic N) is 1. The molecule has 0 aromatic heterocycles. The smallest absolute Gasteiger partial charge is 0.410 e. The molecule has 0 bridgehead atoms. The van der Waals surface area contributed by atoms with Gasteiger partial charge in [0.15, 0.2) is 0 Å². The molecule has 1 aromatic rings. The van der Waals surface area contributed by atoms with Gasteiger partial charge in [-0.2, -0.15) is 0 Å². The minimum Gasteiger partial charge on any atom is -0.480 e. The van der Waals surface area contributed by atoms with Crippen LogP contribution in [0.25, 0.3) is 0 Å². The average Bonchev–Trinajstić information content (AvgIpc) is 2.55. The lowest BCUT2D eigenvalue weighted by atomic mass is 10.2. The topological polar surface area (TPSA) is 93.1 Å². The first-order chi connectivity index (χ1) is 11.0.